The van der Waals surface area contributed by atoms with Crippen LogP contribution in [0.15, 0.2) is 34.5 Å². The van der Waals surface area contributed by atoms with Gasteiger partial charge in [0.2, 0.25) is 10.0 Å². The molecule has 2 heterocycles. The second-order valence-electron chi connectivity index (χ2n) is 4.79. The Kier molecular flexibility index (Phi) is 4.66. The summed E-state index contributed by atoms with van der Waals surface area (Å²) in [5.41, 5.74) is 0.712. The van der Waals surface area contributed by atoms with E-state index < -0.39 is 10.0 Å². The second-order valence-corrected chi connectivity index (χ2v) is 7.33. The fraction of sp³-hybridized carbons (Fsp3) is 0.308. The fourth-order valence-electron chi connectivity index (χ4n) is 2.10. The molecule has 0 unspecified atom stereocenters. The summed E-state index contributed by atoms with van der Waals surface area (Å²) in [6.45, 7) is 1.49. The van der Waals surface area contributed by atoms with Crippen LogP contribution < -0.4 is 5.32 Å². The average Bonchev–Trinajstić information content (AvgIpc) is 3.11. The minimum Gasteiger partial charge on any atom is -0.379 e. The van der Waals surface area contributed by atoms with Gasteiger partial charge in [-0.05, 0) is 35.8 Å². The van der Waals surface area contributed by atoms with E-state index in [1.165, 1.54) is 21.8 Å². The number of rotatable bonds is 4. The van der Waals surface area contributed by atoms with E-state index in [-0.39, 0.29) is 16.5 Å². The number of benzene rings is 1. The van der Waals surface area contributed by atoms with Gasteiger partial charge in [-0.15, -0.1) is 5.10 Å². The molecule has 8 nitrogen and oxygen atoms in total. The zero-order chi connectivity index (χ0) is 16.3. The Morgan fingerprint density at radius 3 is 2.52 bits per heavy atom. The number of sulfonamides is 1. The molecule has 1 aromatic heterocycles. The number of aromatic nitrogens is 2. The van der Waals surface area contributed by atoms with Crippen molar-refractivity contribution in [3.05, 3.63) is 35.3 Å². The summed E-state index contributed by atoms with van der Waals surface area (Å²) in [6, 6.07) is 6.04. The quantitative estimate of drug-likeness (QED) is 0.872. The molecule has 1 aromatic carbocycles. The topological polar surface area (TPSA) is 101 Å². The Morgan fingerprint density at radius 2 is 1.91 bits per heavy atom. The normalized spacial score (nSPS) is 16.2. The van der Waals surface area contributed by atoms with Crippen molar-refractivity contribution in [2.45, 2.75) is 4.90 Å². The van der Waals surface area contributed by atoms with E-state index in [1.54, 1.807) is 12.1 Å². The highest BCUT2D eigenvalue weighted by atomic mass is 32.2. The average molecular weight is 354 g/mol. The lowest BCUT2D eigenvalue weighted by Gasteiger charge is -2.26. The summed E-state index contributed by atoms with van der Waals surface area (Å²) >= 11 is 1.08. The minimum atomic E-state index is -3.53. The van der Waals surface area contributed by atoms with Crippen LogP contribution in [0.1, 0.15) is 10.5 Å². The van der Waals surface area contributed by atoms with Crippen molar-refractivity contribution in [1.82, 2.24) is 13.9 Å². The van der Waals surface area contributed by atoms with Crippen molar-refractivity contribution in [3.63, 3.8) is 0 Å². The SMILES string of the molecule is O=C(Nc1ccc(S(=O)(=O)N2CCOCC2)cc1)c1csnn1. The number of nitrogens with one attached hydrogen (secondary N) is 1. The van der Waals surface area contributed by atoms with E-state index in [0.717, 1.165) is 11.5 Å². The Morgan fingerprint density at radius 1 is 1.22 bits per heavy atom. The van der Waals surface area contributed by atoms with Crippen LogP contribution in [0, 0.1) is 0 Å². The van der Waals surface area contributed by atoms with E-state index in [2.05, 4.69) is 14.9 Å². The Bertz CT molecular complexity index is 769. The molecule has 1 fully saturated rings. The van der Waals surface area contributed by atoms with Crippen molar-refractivity contribution in [2.75, 3.05) is 31.6 Å². The van der Waals surface area contributed by atoms with E-state index in [9.17, 15) is 13.2 Å². The fourth-order valence-corrected chi connectivity index (χ4v) is 3.95. The maximum absolute atomic E-state index is 12.5. The van der Waals surface area contributed by atoms with Crippen LogP contribution in [0.3, 0.4) is 0 Å². The van der Waals surface area contributed by atoms with Gasteiger partial charge in [-0.3, -0.25) is 4.79 Å². The molecule has 2 aromatic rings. The number of hydrogen-bond donors (Lipinski definition) is 1. The first-order chi connectivity index (χ1) is 11.1. The number of morpholine rings is 1. The summed E-state index contributed by atoms with van der Waals surface area (Å²) in [5, 5.41) is 7.85. The number of amides is 1. The third kappa shape index (κ3) is 3.55. The maximum atomic E-state index is 12.5. The highest BCUT2D eigenvalue weighted by Gasteiger charge is 2.26. The molecular weight excluding hydrogens is 340 g/mol. The molecule has 0 bridgehead atoms. The minimum absolute atomic E-state index is 0.188. The van der Waals surface area contributed by atoms with Crippen molar-refractivity contribution in [1.29, 1.82) is 0 Å². The molecule has 10 heteroatoms. The van der Waals surface area contributed by atoms with Gasteiger partial charge in [0.25, 0.3) is 5.91 Å². The van der Waals surface area contributed by atoms with Gasteiger partial charge in [0, 0.05) is 24.2 Å². The molecule has 1 aliphatic heterocycles. The Balaban J connectivity index is 1.72. The maximum Gasteiger partial charge on any atom is 0.277 e. The van der Waals surface area contributed by atoms with E-state index >= 15 is 0 Å². The van der Waals surface area contributed by atoms with Gasteiger partial charge in [-0.25, -0.2) is 8.42 Å². The highest BCUT2D eigenvalue weighted by Crippen LogP contribution is 2.19. The molecule has 1 N–H and O–H groups in total. The van der Waals surface area contributed by atoms with E-state index in [1.807, 2.05) is 0 Å². The molecular formula is C13H14N4O4S2. The Labute approximate surface area is 137 Å². The van der Waals surface area contributed by atoms with Gasteiger partial charge in [-0.1, -0.05) is 4.49 Å². The molecule has 0 radical (unpaired) electrons. The molecule has 0 saturated carbocycles. The number of anilines is 1. The summed E-state index contributed by atoms with van der Waals surface area (Å²) < 4.78 is 35.1. The number of nitrogens with zero attached hydrogens (tertiary/aromatic N) is 3. The largest absolute Gasteiger partial charge is 0.379 e. The van der Waals surface area contributed by atoms with Crippen LogP contribution in [-0.2, 0) is 14.8 Å². The zero-order valence-corrected chi connectivity index (χ0v) is 13.6. The molecule has 1 aliphatic rings. The molecule has 1 saturated heterocycles. The number of ether oxygens (including phenoxy) is 1. The van der Waals surface area contributed by atoms with Crippen LogP contribution in [0.25, 0.3) is 0 Å². The van der Waals surface area contributed by atoms with E-state index in [0.29, 0.717) is 32.0 Å². The monoisotopic (exact) mass is 354 g/mol. The Hall–Kier alpha value is -1.88. The highest BCUT2D eigenvalue weighted by molar-refractivity contribution is 7.89. The van der Waals surface area contributed by atoms with Crippen LogP contribution >= 0.6 is 11.5 Å². The lowest BCUT2D eigenvalue weighted by molar-refractivity contribution is 0.0730. The molecule has 0 atom stereocenters. The number of hydrogen-bond acceptors (Lipinski definition) is 7. The van der Waals surface area contributed by atoms with Gasteiger partial charge in [-0.2, -0.15) is 4.31 Å². The first-order valence-corrected chi connectivity index (χ1v) is 9.11. The van der Waals surface area contributed by atoms with Crippen molar-refractivity contribution in [2.24, 2.45) is 0 Å². The predicted octanol–water partition coefficient (Wildman–Crippen LogP) is 0.811. The second kappa shape index (κ2) is 6.71. The van der Waals surface area contributed by atoms with Gasteiger partial charge in [0.15, 0.2) is 5.69 Å². The van der Waals surface area contributed by atoms with Crippen LogP contribution in [-0.4, -0.2) is 54.5 Å². The van der Waals surface area contributed by atoms with Crippen LogP contribution in [0.5, 0.6) is 0 Å². The van der Waals surface area contributed by atoms with Gasteiger partial charge in [0.1, 0.15) is 0 Å². The lowest BCUT2D eigenvalue weighted by atomic mass is 10.3. The van der Waals surface area contributed by atoms with Crippen molar-refractivity contribution < 1.29 is 17.9 Å². The summed E-state index contributed by atoms with van der Waals surface area (Å²) in [6.07, 6.45) is 0. The molecule has 122 valence electrons. The smallest absolute Gasteiger partial charge is 0.277 e. The first-order valence-electron chi connectivity index (χ1n) is 6.84. The molecule has 3 rings (SSSR count). The van der Waals surface area contributed by atoms with Crippen LogP contribution in [0.4, 0.5) is 5.69 Å². The molecule has 23 heavy (non-hydrogen) atoms. The third-order valence-electron chi connectivity index (χ3n) is 3.31. The van der Waals surface area contributed by atoms with Crippen molar-refractivity contribution in [3.8, 4) is 0 Å². The van der Waals surface area contributed by atoms with Gasteiger partial charge in [0.05, 0.1) is 18.1 Å². The predicted molar refractivity (Wildman–Crippen MR) is 83.9 cm³/mol. The lowest BCUT2D eigenvalue weighted by Crippen LogP contribution is -2.40. The van der Waals surface area contributed by atoms with Crippen molar-refractivity contribution >= 4 is 33.2 Å². The summed E-state index contributed by atoms with van der Waals surface area (Å²) in [4.78, 5) is 12.0. The van der Waals surface area contributed by atoms with Gasteiger partial charge >= 0.3 is 0 Å². The number of carbonyl (C=O) groups excluding carboxylic acids is 1. The number of carbonyl (C=O) groups is 1. The summed E-state index contributed by atoms with van der Waals surface area (Å²) in [7, 11) is -3.53. The zero-order valence-electron chi connectivity index (χ0n) is 12.0. The first kappa shape index (κ1) is 16.0. The summed E-state index contributed by atoms with van der Waals surface area (Å²) in [5.74, 6) is -0.387. The van der Waals surface area contributed by atoms with Crippen LogP contribution in [0.2, 0.25) is 0 Å². The third-order valence-corrected chi connectivity index (χ3v) is 5.73. The molecule has 1 amide bonds. The standard InChI is InChI=1S/C13H14N4O4S2/c18-13(12-9-22-16-15-12)14-10-1-3-11(4-2-10)23(19,20)17-5-7-21-8-6-17/h1-4,9H,5-8H2,(H,14,18). The molecule has 0 spiro atoms. The van der Waals surface area contributed by atoms with Gasteiger partial charge < -0.3 is 10.1 Å². The molecule has 0 aliphatic carbocycles. The van der Waals surface area contributed by atoms with E-state index in [4.69, 9.17) is 4.74 Å².